The van der Waals surface area contributed by atoms with Gasteiger partial charge in [-0.3, -0.25) is 14.3 Å². The number of carbonyl (C=O) groups is 2. The molecule has 1 aromatic heterocycles. The molecule has 1 N–H and O–H groups in total. The molecule has 0 unspecified atom stereocenters. The van der Waals surface area contributed by atoms with Crippen LogP contribution in [0.4, 0.5) is 5.69 Å². The smallest absolute Gasteiger partial charge is 0.291 e. The molecule has 5 nitrogen and oxygen atoms in total. The second-order valence-electron chi connectivity index (χ2n) is 4.42. The van der Waals surface area contributed by atoms with Crippen molar-refractivity contribution >= 4 is 17.4 Å². The lowest BCUT2D eigenvalue weighted by Gasteiger charge is -2.02. The van der Waals surface area contributed by atoms with Gasteiger partial charge in [0.15, 0.2) is 0 Å². The van der Waals surface area contributed by atoms with Crippen molar-refractivity contribution in [2.45, 2.75) is 20.4 Å². The van der Waals surface area contributed by atoms with E-state index in [0.29, 0.717) is 12.2 Å². The Hall–Kier alpha value is -2.43. The fourth-order valence-electron chi connectivity index (χ4n) is 1.61. The Morgan fingerprint density at radius 2 is 1.95 bits per heavy atom. The summed E-state index contributed by atoms with van der Waals surface area (Å²) < 4.78 is 1.71. The minimum Gasteiger partial charge on any atom is -0.317 e. The second kappa shape index (κ2) is 5.48. The van der Waals surface area contributed by atoms with Crippen LogP contribution in [-0.2, 0) is 16.1 Å². The van der Waals surface area contributed by atoms with E-state index < -0.39 is 11.7 Å². The topological polar surface area (TPSA) is 64.0 Å². The normalized spacial score (nSPS) is 10.2. The van der Waals surface area contributed by atoms with E-state index in [1.54, 1.807) is 10.9 Å². The minimum absolute atomic E-state index is 0.521. The van der Waals surface area contributed by atoms with E-state index in [-0.39, 0.29) is 0 Å². The third kappa shape index (κ3) is 3.51. The van der Waals surface area contributed by atoms with Crippen molar-refractivity contribution in [3.05, 3.63) is 47.8 Å². The number of hydrogen-bond donors (Lipinski definition) is 1. The highest BCUT2D eigenvalue weighted by Crippen LogP contribution is 2.09. The van der Waals surface area contributed by atoms with Crippen LogP contribution in [0, 0.1) is 6.92 Å². The van der Waals surface area contributed by atoms with E-state index in [1.165, 1.54) is 18.7 Å². The summed E-state index contributed by atoms with van der Waals surface area (Å²) in [7, 11) is 0. The Kier molecular flexibility index (Phi) is 3.75. The average Bonchev–Trinajstić information content (AvgIpc) is 2.79. The van der Waals surface area contributed by atoms with Gasteiger partial charge in [0, 0.05) is 13.1 Å². The number of aromatic nitrogens is 2. The fourth-order valence-corrected chi connectivity index (χ4v) is 1.61. The maximum absolute atomic E-state index is 11.2. The predicted octanol–water partition coefficient (Wildman–Crippen LogP) is 1.77. The summed E-state index contributed by atoms with van der Waals surface area (Å²) in [4.78, 5) is 22.1. The van der Waals surface area contributed by atoms with Gasteiger partial charge < -0.3 is 5.32 Å². The molecule has 5 heteroatoms. The molecule has 0 aliphatic carbocycles. The number of hydrogen-bond acceptors (Lipinski definition) is 3. The summed E-state index contributed by atoms with van der Waals surface area (Å²) in [6.07, 6.45) is 3.22. The molecule has 0 saturated carbocycles. The number of amides is 1. The average molecular weight is 257 g/mol. The molecule has 2 rings (SSSR count). The van der Waals surface area contributed by atoms with Gasteiger partial charge in [-0.05, 0) is 12.5 Å². The van der Waals surface area contributed by atoms with Gasteiger partial charge in [-0.2, -0.15) is 5.10 Å². The van der Waals surface area contributed by atoms with Gasteiger partial charge in [-0.1, -0.05) is 29.8 Å². The molecule has 2 aromatic rings. The first-order valence-electron chi connectivity index (χ1n) is 5.94. The highest BCUT2D eigenvalue weighted by atomic mass is 16.2. The summed E-state index contributed by atoms with van der Waals surface area (Å²) in [6.45, 7) is 3.88. The molecule has 0 radical (unpaired) electrons. The van der Waals surface area contributed by atoms with Crippen LogP contribution in [0.5, 0.6) is 0 Å². The summed E-state index contributed by atoms with van der Waals surface area (Å²) in [6, 6.07) is 8.14. The number of nitrogens with one attached hydrogen (secondary N) is 1. The molecule has 0 saturated heterocycles. The number of rotatable bonds is 4. The molecule has 0 fully saturated rings. The molecule has 98 valence electrons. The zero-order valence-electron chi connectivity index (χ0n) is 10.9. The molecule has 1 amide bonds. The van der Waals surface area contributed by atoms with Crippen molar-refractivity contribution in [2.24, 2.45) is 0 Å². The molecule has 0 spiro atoms. The Bertz CT molecular complexity index is 599. The van der Waals surface area contributed by atoms with Crippen molar-refractivity contribution in [3.63, 3.8) is 0 Å². The van der Waals surface area contributed by atoms with Crippen LogP contribution in [-0.4, -0.2) is 21.5 Å². The van der Waals surface area contributed by atoms with Gasteiger partial charge in [0.05, 0.1) is 18.4 Å². The summed E-state index contributed by atoms with van der Waals surface area (Å²) >= 11 is 0. The lowest BCUT2D eigenvalue weighted by atomic mass is 10.1. The first-order chi connectivity index (χ1) is 9.04. The van der Waals surface area contributed by atoms with Crippen LogP contribution in [0.15, 0.2) is 36.7 Å². The number of anilines is 1. The van der Waals surface area contributed by atoms with Crippen LogP contribution < -0.4 is 5.32 Å². The standard InChI is InChI=1S/C14H15N3O2/c1-10-3-5-12(6-4-10)8-17-9-13(7-15-17)16-14(19)11(2)18/h3-7,9H,8H2,1-2H3,(H,16,19). The van der Waals surface area contributed by atoms with Crippen molar-refractivity contribution in [1.29, 1.82) is 0 Å². The molecule has 0 aliphatic heterocycles. The molecule has 19 heavy (non-hydrogen) atoms. The third-order valence-corrected chi connectivity index (χ3v) is 2.68. The number of benzene rings is 1. The van der Waals surface area contributed by atoms with E-state index in [4.69, 9.17) is 0 Å². The lowest BCUT2D eigenvalue weighted by molar-refractivity contribution is -0.133. The molecule has 0 atom stereocenters. The number of nitrogens with zero attached hydrogens (tertiary/aromatic N) is 2. The van der Waals surface area contributed by atoms with E-state index >= 15 is 0 Å². The van der Waals surface area contributed by atoms with Crippen LogP contribution in [0.25, 0.3) is 0 Å². The quantitative estimate of drug-likeness (QED) is 0.849. The van der Waals surface area contributed by atoms with Gasteiger partial charge in [0.2, 0.25) is 5.78 Å². The number of carbonyl (C=O) groups excluding carboxylic acids is 2. The third-order valence-electron chi connectivity index (χ3n) is 2.68. The van der Waals surface area contributed by atoms with E-state index in [1.807, 2.05) is 31.2 Å². The van der Waals surface area contributed by atoms with Gasteiger partial charge >= 0.3 is 0 Å². The van der Waals surface area contributed by atoms with E-state index in [9.17, 15) is 9.59 Å². The van der Waals surface area contributed by atoms with Gasteiger partial charge in [-0.15, -0.1) is 0 Å². The first-order valence-corrected chi connectivity index (χ1v) is 5.94. The largest absolute Gasteiger partial charge is 0.317 e. The molecular formula is C14H15N3O2. The number of aryl methyl sites for hydroxylation is 1. The van der Waals surface area contributed by atoms with Crippen LogP contribution in [0.2, 0.25) is 0 Å². The van der Waals surface area contributed by atoms with Crippen molar-refractivity contribution in [1.82, 2.24) is 9.78 Å². The highest BCUT2D eigenvalue weighted by molar-refractivity contribution is 6.39. The zero-order chi connectivity index (χ0) is 13.8. The van der Waals surface area contributed by atoms with Crippen molar-refractivity contribution in [3.8, 4) is 0 Å². The summed E-state index contributed by atoms with van der Waals surface area (Å²) in [5.74, 6) is -1.15. The van der Waals surface area contributed by atoms with Crippen molar-refractivity contribution in [2.75, 3.05) is 5.32 Å². The van der Waals surface area contributed by atoms with Crippen LogP contribution in [0.3, 0.4) is 0 Å². The van der Waals surface area contributed by atoms with Gasteiger partial charge in [0.25, 0.3) is 5.91 Å². The van der Waals surface area contributed by atoms with Crippen molar-refractivity contribution < 1.29 is 9.59 Å². The number of Topliss-reactive ketones (excluding diaryl/α,β-unsaturated/α-hetero) is 1. The summed E-state index contributed by atoms with van der Waals surface area (Å²) in [5.41, 5.74) is 2.85. The Morgan fingerprint density at radius 3 is 2.58 bits per heavy atom. The summed E-state index contributed by atoms with van der Waals surface area (Å²) in [5, 5.41) is 6.62. The maximum Gasteiger partial charge on any atom is 0.291 e. The van der Waals surface area contributed by atoms with Crippen LogP contribution >= 0.6 is 0 Å². The van der Waals surface area contributed by atoms with Crippen LogP contribution in [0.1, 0.15) is 18.1 Å². The molecule has 0 bridgehead atoms. The Balaban J connectivity index is 2.03. The van der Waals surface area contributed by atoms with Gasteiger partial charge in [-0.25, -0.2) is 0 Å². The Labute approximate surface area is 111 Å². The monoisotopic (exact) mass is 257 g/mol. The second-order valence-corrected chi connectivity index (χ2v) is 4.42. The highest BCUT2D eigenvalue weighted by Gasteiger charge is 2.08. The SMILES string of the molecule is CC(=O)C(=O)Nc1cnn(Cc2ccc(C)cc2)c1. The zero-order valence-corrected chi connectivity index (χ0v) is 10.9. The fraction of sp³-hybridized carbons (Fsp3) is 0.214. The molecule has 1 aromatic carbocycles. The van der Waals surface area contributed by atoms with E-state index in [2.05, 4.69) is 10.4 Å². The molecular weight excluding hydrogens is 242 g/mol. The first kappa shape index (κ1) is 13.0. The maximum atomic E-state index is 11.2. The molecule has 0 aliphatic rings. The predicted molar refractivity (Wildman–Crippen MR) is 71.8 cm³/mol. The Morgan fingerprint density at radius 1 is 1.26 bits per heavy atom. The number of ketones is 1. The lowest BCUT2D eigenvalue weighted by Crippen LogP contribution is -2.19. The van der Waals surface area contributed by atoms with E-state index in [0.717, 1.165) is 5.56 Å². The molecule has 1 heterocycles. The minimum atomic E-state index is -0.630. The van der Waals surface area contributed by atoms with Gasteiger partial charge in [0.1, 0.15) is 0 Å².